The number of carbonyl (C=O) groups excluding carboxylic acids is 1. The van der Waals surface area contributed by atoms with Gasteiger partial charge in [0.15, 0.2) is 0 Å². The Morgan fingerprint density at radius 2 is 2.24 bits per heavy atom. The first-order valence-corrected chi connectivity index (χ1v) is 5.62. The predicted octanol–water partition coefficient (Wildman–Crippen LogP) is 1.69. The summed E-state index contributed by atoms with van der Waals surface area (Å²) in [5.41, 5.74) is 6.51. The van der Waals surface area contributed by atoms with Gasteiger partial charge in [-0.25, -0.2) is 9.78 Å². The first-order valence-electron chi connectivity index (χ1n) is 5.62. The number of nitrogen functional groups attached to an aromatic ring is 1. The van der Waals surface area contributed by atoms with Crippen LogP contribution in [0.2, 0.25) is 0 Å². The molecule has 1 heterocycles. The van der Waals surface area contributed by atoms with Gasteiger partial charge in [-0.3, -0.25) is 0 Å². The van der Waals surface area contributed by atoms with Crippen molar-refractivity contribution < 1.29 is 9.53 Å². The van der Waals surface area contributed by atoms with Gasteiger partial charge in [0.2, 0.25) is 0 Å². The summed E-state index contributed by atoms with van der Waals surface area (Å²) < 4.78 is 4.99. The van der Waals surface area contributed by atoms with Gasteiger partial charge in [0.25, 0.3) is 0 Å². The van der Waals surface area contributed by atoms with E-state index in [1.54, 1.807) is 13.0 Å². The second kappa shape index (κ2) is 5.52. The molecule has 1 rings (SSSR count). The lowest BCUT2D eigenvalue weighted by Gasteiger charge is -2.24. The SMILES string of the molecule is CCOC(=O)c1cc(N)cnc1N(C)C(C)C. The van der Waals surface area contributed by atoms with Gasteiger partial charge in [-0.1, -0.05) is 0 Å². The van der Waals surface area contributed by atoms with Gasteiger partial charge in [0.1, 0.15) is 11.4 Å². The summed E-state index contributed by atoms with van der Waals surface area (Å²) in [6, 6.07) is 1.83. The van der Waals surface area contributed by atoms with Crippen molar-refractivity contribution in [3.63, 3.8) is 0 Å². The molecule has 0 spiro atoms. The molecule has 0 aliphatic carbocycles. The molecule has 94 valence electrons. The van der Waals surface area contributed by atoms with E-state index in [2.05, 4.69) is 4.98 Å². The van der Waals surface area contributed by atoms with E-state index in [1.807, 2.05) is 25.8 Å². The Hall–Kier alpha value is -1.78. The Labute approximate surface area is 102 Å². The molecule has 5 nitrogen and oxygen atoms in total. The second-order valence-electron chi connectivity index (χ2n) is 4.06. The topological polar surface area (TPSA) is 68.5 Å². The van der Waals surface area contributed by atoms with Crippen molar-refractivity contribution in [1.29, 1.82) is 0 Å². The summed E-state index contributed by atoms with van der Waals surface area (Å²) in [5.74, 6) is 0.197. The zero-order valence-electron chi connectivity index (χ0n) is 10.7. The van der Waals surface area contributed by atoms with Crippen LogP contribution in [-0.2, 0) is 4.74 Å². The minimum atomic E-state index is -0.394. The molecule has 17 heavy (non-hydrogen) atoms. The van der Waals surface area contributed by atoms with Crippen LogP contribution in [0.15, 0.2) is 12.3 Å². The lowest BCUT2D eigenvalue weighted by atomic mass is 10.2. The van der Waals surface area contributed by atoms with E-state index in [9.17, 15) is 4.79 Å². The third-order valence-electron chi connectivity index (χ3n) is 2.49. The average Bonchev–Trinajstić information content (AvgIpc) is 2.28. The molecule has 0 radical (unpaired) electrons. The number of ether oxygens (including phenoxy) is 1. The van der Waals surface area contributed by atoms with E-state index < -0.39 is 5.97 Å². The van der Waals surface area contributed by atoms with E-state index in [1.165, 1.54) is 6.20 Å². The Morgan fingerprint density at radius 3 is 2.76 bits per heavy atom. The largest absolute Gasteiger partial charge is 0.462 e. The highest BCUT2D eigenvalue weighted by atomic mass is 16.5. The highest BCUT2D eigenvalue weighted by molar-refractivity contribution is 5.95. The maximum Gasteiger partial charge on any atom is 0.341 e. The van der Waals surface area contributed by atoms with Crippen LogP contribution in [0, 0.1) is 0 Å². The number of esters is 1. The summed E-state index contributed by atoms with van der Waals surface area (Å²) in [5, 5.41) is 0. The number of hydrogen-bond donors (Lipinski definition) is 1. The van der Waals surface area contributed by atoms with Crippen molar-refractivity contribution in [2.45, 2.75) is 26.8 Å². The Bertz CT molecular complexity index is 405. The van der Waals surface area contributed by atoms with Gasteiger partial charge >= 0.3 is 5.97 Å². The standard InChI is InChI=1S/C12H19N3O2/c1-5-17-12(16)10-6-9(13)7-14-11(10)15(4)8(2)3/h6-8H,5,13H2,1-4H3. The van der Waals surface area contributed by atoms with Crippen molar-refractivity contribution in [1.82, 2.24) is 4.98 Å². The first kappa shape index (κ1) is 13.3. The third kappa shape index (κ3) is 3.09. The number of hydrogen-bond acceptors (Lipinski definition) is 5. The van der Waals surface area contributed by atoms with E-state index >= 15 is 0 Å². The summed E-state index contributed by atoms with van der Waals surface area (Å²) >= 11 is 0. The predicted molar refractivity (Wildman–Crippen MR) is 68.1 cm³/mol. The maximum atomic E-state index is 11.8. The monoisotopic (exact) mass is 237 g/mol. The molecular weight excluding hydrogens is 218 g/mol. The first-order chi connectivity index (χ1) is 7.97. The van der Waals surface area contributed by atoms with Crippen LogP contribution in [0.3, 0.4) is 0 Å². The molecule has 0 amide bonds. The molecule has 0 atom stereocenters. The maximum absolute atomic E-state index is 11.8. The van der Waals surface area contributed by atoms with Crippen LogP contribution in [0.4, 0.5) is 11.5 Å². The molecule has 0 bridgehead atoms. The summed E-state index contributed by atoms with van der Waals surface area (Å²) in [6.07, 6.45) is 1.54. The molecule has 1 aromatic rings. The van der Waals surface area contributed by atoms with Crippen molar-refractivity contribution in [2.75, 3.05) is 24.3 Å². The van der Waals surface area contributed by atoms with Gasteiger partial charge in [0, 0.05) is 13.1 Å². The Morgan fingerprint density at radius 1 is 1.59 bits per heavy atom. The van der Waals surface area contributed by atoms with Crippen molar-refractivity contribution >= 4 is 17.5 Å². The van der Waals surface area contributed by atoms with Gasteiger partial charge < -0.3 is 15.4 Å². The van der Waals surface area contributed by atoms with E-state index in [4.69, 9.17) is 10.5 Å². The molecular formula is C12H19N3O2. The third-order valence-corrected chi connectivity index (χ3v) is 2.49. The zero-order chi connectivity index (χ0) is 13.0. The Balaban J connectivity index is 3.16. The minimum Gasteiger partial charge on any atom is -0.462 e. The summed E-state index contributed by atoms with van der Waals surface area (Å²) in [6.45, 7) is 6.14. The number of nitrogens with two attached hydrogens (primary N) is 1. The number of pyridine rings is 1. The van der Waals surface area contributed by atoms with Crippen LogP contribution < -0.4 is 10.6 Å². The van der Waals surface area contributed by atoms with Gasteiger partial charge in [-0.15, -0.1) is 0 Å². The molecule has 0 unspecified atom stereocenters. The van der Waals surface area contributed by atoms with E-state index in [0.717, 1.165) is 0 Å². The van der Waals surface area contributed by atoms with E-state index in [0.29, 0.717) is 23.7 Å². The number of carbonyl (C=O) groups is 1. The number of aromatic nitrogens is 1. The molecule has 0 aliphatic rings. The Kier molecular flexibility index (Phi) is 4.31. The second-order valence-corrected chi connectivity index (χ2v) is 4.06. The highest BCUT2D eigenvalue weighted by Gasteiger charge is 2.18. The van der Waals surface area contributed by atoms with E-state index in [-0.39, 0.29) is 6.04 Å². The number of nitrogens with zero attached hydrogens (tertiary/aromatic N) is 2. The molecule has 0 aromatic carbocycles. The minimum absolute atomic E-state index is 0.235. The lowest BCUT2D eigenvalue weighted by molar-refractivity contribution is 0.0526. The van der Waals surface area contributed by atoms with Crippen LogP contribution in [0.1, 0.15) is 31.1 Å². The molecule has 0 saturated carbocycles. The molecule has 1 aromatic heterocycles. The molecule has 0 aliphatic heterocycles. The van der Waals surface area contributed by atoms with Crippen LogP contribution in [0.5, 0.6) is 0 Å². The summed E-state index contributed by atoms with van der Waals surface area (Å²) in [4.78, 5) is 17.9. The fourth-order valence-corrected chi connectivity index (χ4v) is 1.36. The fraction of sp³-hybridized carbons (Fsp3) is 0.500. The molecule has 5 heteroatoms. The lowest BCUT2D eigenvalue weighted by Crippen LogP contribution is -2.28. The normalized spacial score (nSPS) is 10.4. The van der Waals surface area contributed by atoms with Gasteiger partial charge in [-0.05, 0) is 26.8 Å². The number of anilines is 2. The quantitative estimate of drug-likeness (QED) is 0.807. The zero-order valence-corrected chi connectivity index (χ0v) is 10.7. The van der Waals surface area contributed by atoms with Crippen molar-refractivity contribution in [3.8, 4) is 0 Å². The van der Waals surface area contributed by atoms with Crippen molar-refractivity contribution in [3.05, 3.63) is 17.8 Å². The molecule has 2 N–H and O–H groups in total. The van der Waals surface area contributed by atoms with Crippen molar-refractivity contribution in [2.24, 2.45) is 0 Å². The number of rotatable bonds is 4. The van der Waals surface area contributed by atoms with Crippen LogP contribution in [0.25, 0.3) is 0 Å². The smallest absolute Gasteiger partial charge is 0.341 e. The average molecular weight is 237 g/mol. The van der Waals surface area contributed by atoms with Crippen LogP contribution >= 0.6 is 0 Å². The van der Waals surface area contributed by atoms with Gasteiger partial charge in [0.05, 0.1) is 18.5 Å². The van der Waals surface area contributed by atoms with Crippen LogP contribution in [-0.4, -0.2) is 30.6 Å². The van der Waals surface area contributed by atoms with Gasteiger partial charge in [-0.2, -0.15) is 0 Å². The molecule has 0 fully saturated rings. The molecule has 0 saturated heterocycles. The highest BCUT2D eigenvalue weighted by Crippen LogP contribution is 2.21. The fourth-order valence-electron chi connectivity index (χ4n) is 1.36. The summed E-state index contributed by atoms with van der Waals surface area (Å²) in [7, 11) is 1.88.